The Morgan fingerprint density at radius 2 is 1.00 bits per heavy atom. The van der Waals surface area contributed by atoms with Crippen LogP contribution in [0.4, 0.5) is 0 Å². The van der Waals surface area contributed by atoms with Crippen LogP contribution in [0.3, 0.4) is 0 Å². The van der Waals surface area contributed by atoms with Crippen LogP contribution >= 0.6 is 69.6 Å². The van der Waals surface area contributed by atoms with Crippen LogP contribution in [0.15, 0.2) is 10.1 Å². The standard InChI is InChI=1S/C17H20Cl6O4/c1-13(2,3)26-11(24)7-8(12(25)27-14(4,5)6)16(21)10(19)9(18)15(7,20)17(16,22)23/h7-8H,1-6H3. The third-order valence-corrected chi connectivity index (χ3v) is 8.52. The molecular weight excluding hydrogens is 481 g/mol. The largest absolute Gasteiger partial charge is 0.460 e. The average molecular weight is 501 g/mol. The highest BCUT2D eigenvalue weighted by molar-refractivity contribution is 6.66. The molecule has 2 rings (SSSR count). The number of rotatable bonds is 2. The van der Waals surface area contributed by atoms with E-state index < -0.39 is 49.1 Å². The van der Waals surface area contributed by atoms with E-state index in [0.717, 1.165) is 0 Å². The fourth-order valence-corrected chi connectivity index (χ4v) is 6.23. The molecule has 0 aromatic heterocycles. The highest BCUT2D eigenvalue weighted by Crippen LogP contribution is 2.76. The van der Waals surface area contributed by atoms with Crippen molar-refractivity contribution in [3.63, 3.8) is 0 Å². The first kappa shape index (κ1) is 23.7. The summed E-state index contributed by atoms with van der Waals surface area (Å²) in [4.78, 5) is 22.1. The van der Waals surface area contributed by atoms with Crippen molar-refractivity contribution in [3.8, 4) is 0 Å². The number of allylic oxidation sites excluding steroid dienone is 2. The van der Waals surface area contributed by atoms with E-state index in [4.69, 9.17) is 79.1 Å². The maximum absolute atomic E-state index is 13.0. The number of halogens is 6. The monoisotopic (exact) mass is 498 g/mol. The van der Waals surface area contributed by atoms with Crippen molar-refractivity contribution in [1.82, 2.24) is 0 Å². The normalized spacial score (nSPS) is 35.4. The fraction of sp³-hybridized carbons (Fsp3) is 0.765. The average Bonchev–Trinajstić information content (AvgIpc) is 2.63. The van der Waals surface area contributed by atoms with Gasteiger partial charge in [0, 0.05) is 0 Å². The quantitative estimate of drug-likeness (QED) is 0.358. The van der Waals surface area contributed by atoms with Crippen molar-refractivity contribution >= 4 is 81.5 Å². The summed E-state index contributed by atoms with van der Waals surface area (Å²) >= 11 is 39.0. The molecule has 0 aromatic carbocycles. The molecule has 10 heteroatoms. The summed E-state index contributed by atoms with van der Waals surface area (Å²) in [5.41, 5.74) is -1.74. The first-order valence-electron chi connectivity index (χ1n) is 8.10. The van der Waals surface area contributed by atoms with Crippen molar-refractivity contribution in [2.75, 3.05) is 0 Å². The number of alkyl halides is 4. The molecule has 0 N–H and O–H groups in total. The second-order valence-electron chi connectivity index (χ2n) is 8.65. The van der Waals surface area contributed by atoms with E-state index in [1.807, 2.05) is 0 Å². The molecule has 27 heavy (non-hydrogen) atoms. The zero-order valence-corrected chi connectivity index (χ0v) is 20.1. The summed E-state index contributed by atoms with van der Waals surface area (Å²) in [5, 5.41) is -0.386. The molecule has 0 amide bonds. The van der Waals surface area contributed by atoms with Crippen LogP contribution in [-0.2, 0) is 19.1 Å². The minimum Gasteiger partial charge on any atom is -0.460 e. The van der Waals surface area contributed by atoms with Crippen molar-refractivity contribution < 1.29 is 19.1 Å². The molecule has 0 saturated heterocycles. The van der Waals surface area contributed by atoms with Gasteiger partial charge in [0.1, 0.15) is 21.0 Å². The van der Waals surface area contributed by atoms with E-state index in [9.17, 15) is 9.59 Å². The maximum atomic E-state index is 13.0. The van der Waals surface area contributed by atoms with E-state index in [1.54, 1.807) is 41.5 Å². The second-order valence-corrected chi connectivity index (χ2v) is 11.9. The summed E-state index contributed by atoms with van der Waals surface area (Å²) in [5.74, 6) is -4.47. The van der Waals surface area contributed by atoms with Crippen molar-refractivity contribution in [2.24, 2.45) is 11.8 Å². The van der Waals surface area contributed by atoms with Gasteiger partial charge < -0.3 is 9.47 Å². The number of fused-ring (bicyclic) bond motifs is 2. The van der Waals surface area contributed by atoms with Crippen LogP contribution in [0.25, 0.3) is 0 Å². The lowest BCUT2D eigenvalue weighted by Crippen LogP contribution is -2.48. The molecule has 0 aliphatic heterocycles. The highest BCUT2D eigenvalue weighted by atomic mass is 35.5. The lowest BCUT2D eigenvalue weighted by Gasteiger charge is -2.36. The molecule has 0 spiro atoms. The van der Waals surface area contributed by atoms with Gasteiger partial charge >= 0.3 is 11.9 Å². The smallest absolute Gasteiger partial charge is 0.312 e. The fourth-order valence-electron chi connectivity index (χ4n) is 3.31. The Labute approximate surface area is 188 Å². The topological polar surface area (TPSA) is 52.6 Å². The van der Waals surface area contributed by atoms with Gasteiger partial charge in [0.25, 0.3) is 0 Å². The van der Waals surface area contributed by atoms with E-state index in [0.29, 0.717) is 0 Å². The van der Waals surface area contributed by atoms with Gasteiger partial charge in [0.05, 0.1) is 21.9 Å². The Kier molecular flexibility index (Phi) is 5.89. The molecule has 0 radical (unpaired) electrons. The van der Waals surface area contributed by atoms with Crippen LogP contribution in [0, 0.1) is 11.8 Å². The van der Waals surface area contributed by atoms with Crippen LogP contribution < -0.4 is 0 Å². The Balaban J connectivity index is 2.68. The summed E-state index contributed by atoms with van der Waals surface area (Å²) in [6.45, 7) is 9.98. The molecule has 0 aromatic rings. The minimum absolute atomic E-state index is 0.193. The number of esters is 2. The van der Waals surface area contributed by atoms with Crippen molar-refractivity contribution in [1.29, 1.82) is 0 Å². The predicted octanol–water partition coefficient (Wildman–Crippen LogP) is 5.75. The second kappa shape index (κ2) is 6.72. The summed E-state index contributed by atoms with van der Waals surface area (Å²) in [6, 6.07) is 0. The van der Waals surface area contributed by atoms with Gasteiger partial charge in [-0.1, -0.05) is 46.4 Å². The van der Waals surface area contributed by atoms with E-state index in [-0.39, 0.29) is 10.1 Å². The van der Waals surface area contributed by atoms with Gasteiger partial charge in [-0.3, -0.25) is 9.59 Å². The molecule has 1 fully saturated rings. The molecular formula is C17H20Cl6O4. The minimum atomic E-state index is -2.07. The van der Waals surface area contributed by atoms with E-state index >= 15 is 0 Å². The number of hydrogen-bond donors (Lipinski definition) is 0. The summed E-state index contributed by atoms with van der Waals surface area (Å²) in [6.07, 6.45) is 0. The van der Waals surface area contributed by atoms with Crippen molar-refractivity contribution in [3.05, 3.63) is 10.1 Å². The first-order chi connectivity index (χ1) is 11.8. The van der Waals surface area contributed by atoms with Gasteiger partial charge in [-0.05, 0) is 41.5 Å². The molecule has 4 unspecified atom stereocenters. The Hall–Kier alpha value is 0.420. The molecule has 2 aliphatic carbocycles. The lowest BCUT2D eigenvalue weighted by molar-refractivity contribution is -0.173. The van der Waals surface area contributed by atoms with Crippen molar-refractivity contribution in [2.45, 2.75) is 66.8 Å². The zero-order chi connectivity index (χ0) is 21.4. The Morgan fingerprint density at radius 1 is 0.741 bits per heavy atom. The first-order valence-corrected chi connectivity index (χ1v) is 10.4. The highest BCUT2D eigenvalue weighted by Gasteiger charge is 2.86. The lowest BCUT2D eigenvalue weighted by atomic mass is 9.81. The Morgan fingerprint density at radius 3 is 1.22 bits per heavy atom. The molecule has 0 heterocycles. The van der Waals surface area contributed by atoms with Gasteiger partial charge in [-0.25, -0.2) is 0 Å². The predicted molar refractivity (Wildman–Crippen MR) is 109 cm³/mol. The van der Waals surface area contributed by atoms with Crippen LogP contribution in [0.2, 0.25) is 0 Å². The molecule has 2 bridgehead atoms. The van der Waals surface area contributed by atoms with Gasteiger partial charge in [-0.15, -0.1) is 23.2 Å². The Bertz CT molecular complexity index is 662. The SMILES string of the molecule is CC(C)(C)OC(=O)C1C(C(=O)OC(C)(C)C)C2(Cl)C(Cl)=C(Cl)C1(Cl)C2(Cl)Cl. The van der Waals surface area contributed by atoms with Crippen LogP contribution in [-0.4, -0.2) is 37.2 Å². The third kappa shape index (κ3) is 3.37. The maximum Gasteiger partial charge on any atom is 0.312 e. The van der Waals surface area contributed by atoms with Crippen LogP contribution in [0.1, 0.15) is 41.5 Å². The number of carbonyl (C=O) groups excluding carboxylic acids is 2. The van der Waals surface area contributed by atoms with E-state index in [1.165, 1.54) is 0 Å². The zero-order valence-electron chi connectivity index (χ0n) is 15.6. The summed E-state index contributed by atoms with van der Waals surface area (Å²) < 4.78 is 8.81. The molecule has 2 aliphatic rings. The molecule has 4 nitrogen and oxygen atoms in total. The molecule has 154 valence electrons. The van der Waals surface area contributed by atoms with E-state index in [2.05, 4.69) is 0 Å². The number of carbonyl (C=O) groups is 2. The number of ether oxygens (including phenoxy) is 2. The summed E-state index contributed by atoms with van der Waals surface area (Å²) in [7, 11) is 0. The third-order valence-electron chi connectivity index (χ3n) is 4.26. The number of hydrogen-bond acceptors (Lipinski definition) is 4. The van der Waals surface area contributed by atoms with Crippen LogP contribution in [0.5, 0.6) is 0 Å². The van der Waals surface area contributed by atoms with Gasteiger partial charge in [0.15, 0.2) is 4.33 Å². The van der Waals surface area contributed by atoms with Gasteiger partial charge in [0.2, 0.25) is 0 Å². The van der Waals surface area contributed by atoms with Gasteiger partial charge in [-0.2, -0.15) is 0 Å². The molecule has 1 saturated carbocycles. The molecule has 4 atom stereocenters.